The van der Waals surface area contributed by atoms with Crippen molar-refractivity contribution in [2.75, 3.05) is 11.9 Å². The van der Waals surface area contributed by atoms with Gasteiger partial charge in [-0.2, -0.15) is 0 Å². The van der Waals surface area contributed by atoms with Gasteiger partial charge in [-0.1, -0.05) is 26.8 Å². The van der Waals surface area contributed by atoms with Crippen molar-refractivity contribution in [1.82, 2.24) is 9.38 Å². The van der Waals surface area contributed by atoms with Gasteiger partial charge in [0.1, 0.15) is 5.65 Å². The fourth-order valence-corrected chi connectivity index (χ4v) is 2.32. The number of anilines is 1. The quantitative estimate of drug-likeness (QED) is 0.786. The monoisotopic (exact) mass is 291 g/mol. The van der Waals surface area contributed by atoms with Gasteiger partial charge >= 0.3 is 5.97 Å². The lowest BCUT2D eigenvalue weighted by Crippen LogP contribution is -2.35. The Morgan fingerprint density at radius 1 is 1.43 bits per heavy atom. The number of carbonyl (C=O) groups is 1. The minimum absolute atomic E-state index is 0.0325. The van der Waals surface area contributed by atoms with Crippen LogP contribution in [0.1, 0.15) is 37.7 Å². The summed E-state index contributed by atoms with van der Waals surface area (Å²) >= 11 is 0. The third-order valence-corrected chi connectivity index (χ3v) is 3.51. The molecule has 2 aromatic heterocycles. The Bertz CT molecular complexity index is 643. The van der Waals surface area contributed by atoms with E-state index in [1.807, 2.05) is 26.8 Å². The van der Waals surface area contributed by atoms with Gasteiger partial charge in [0.15, 0.2) is 11.5 Å². The Balaban J connectivity index is 2.45. The van der Waals surface area contributed by atoms with E-state index in [9.17, 15) is 15.0 Å². The molecule has 6 heteroatoms. The van der Waals surface area contributed by atoms with E-state index in [1.54, 1.807) is 22.7 Å². The number of hydrogen-bond acceptors (Lipinski definition) is 4. The van der Waals surface area contributed by atoms with Crippen LogP contribution in [0.3, 0.4) is 0 Å². The number of hydrogen-bond donors (Lipinski definition) is 3. The van der Waals surface area contributed by atoms with Gasteiger partial charge < -0.3 is 15.5 Å². The molecule has 0 saturated carbocycles. The number of imidazole rings is 1. The van der Waals surface area contributed by atoms with Crippen molar-refractivity contribution in [2.45, 2.75) is 33.2 Å². The van der Waals surface area contributed by atoms with E-state index in [-0.39, 0.29) is 23.8 Å². The van der Waals surface area contributed by atoms with Crippen LogP contribution in [0.5, 0.6) is 0 Å². The fraction of sp³-hybridized carbons (Fsp3) is 0.467. The van der Waals surface area contributed by atoms with Gasteiger partial charge in [0.25, 0.3) is 0 Å². The number of nitrogens with one attached hydrogen (secondary N) is 1. The minimum Gasteiger partial charge on any atom is -0.476 e. The predicted octanol–water partition coefficient (Wildman–Crippen LogP) is 2.24. The van der Waals surface area contributed by atoms with Gasteiger partial charge in [-0.25, -0.2) is 9.78 Å². The fourth-order valence-electron chi connectivity index (χ4n) is 2.32. The summed E-state index contributed by atoms with van der Waals surface area (Å²) in [6.07, 6.45) is 2.20. The highest BCUT2D eigenvalue weighted by atomic mass is 16.4. The first-order valence-electron chi connectivity index (χ1n) is 6.92. The van der Waals surface area contributed by atoms with Crippen LogP contribution in [0, 0.1) is 5.41 Å². The average Bonchev–Trinajstić information content (AvgIpc) is 2.75. The number of aliphatic hydroxyl groups is 1. The molecule has 0 spiro atoms. The molecule has 21 heavy (non-hydrogen) atoms. The Morgan fingerprint density at radius 2 is 2.14 bits per heavy atom. The zero-order valence-corrected chi connectivity index (χ0v) is 12.5. The molecule has 2 rings (SSSR count). The highest BCUT2D eigenvalue weighted by Crippen LogP contribution is 2.27. The number of rotatable bonds is 5. The van der Waals surface area contributed by atoms with E-state index >= 15 is 0 Å². The van der Waals surface area contributed by atoms with Crippen LogP contribution in [0.2, 0.25) is 0 Å². The third-order valence-electron chi connectivity index (χ3n) is 3.51. The van der Waals surface area contributed by atoms with Crippen molar-refractivity contribution in [3.63, 3.8) is 0 Å². The second-order valence-electron chi connectivity index (χ2n) is 6.12. The number of carboxylic acids is 1. The predicted molar refractivity (Wildman–Crippen MR) is 80.7 cm³/mol. The molecule has 1 unspecified atom stereocenters. The average molecular weight is 291 g/mol. The van der Waals surface area contributed by atoms with Gasteiger partial charge in [-0.15, -0.1) is 0 Å². The first-order chi connectivity index (χ1) is 9.84. The molecule has 0 aliphatic carbocycles. The lowest BCUT2D eigenvalue weighted by atomic mass is 9.85. The van der Waals surface area contributed by atoms with Gasteiger partial charge in [0.2, 0.25) is 0 Å². The molecule has 0 aliphatic rings. The molecule has 0 saturated heterocycles. The summed E-state index contributed by atoms with van der Waals surface area (Å²) in [7, 11) is 0. The van der Waals surface area contributed by atoms with Crippen molar-refractivity contribution in [2.24, 2.45) is 5.41 Å². The highest BCUT2D eigenvalue weighted by Gasteiger charge is 2.27. The number of pyridine rings is 1. The first kappa shape index (κ1) is 15.3. The Kier molecular flexibility index (Phi) is 4.18. The molecule has 0 fully saturated rings. The smallest absolute Gasteiger partial charge is 0.356 e. The van der Waals surface area contributed by atoms with E-state index in [0.29, 0.717) is 17.9 Å². The number of aromatic carboxylic acids is 1. The van der Waals surface area contributed by atoms with Crippen LogP contribution in [-0.2, 0) is 0 Å². The zero-order valence-electron chi connectivity index (χ0n) is 12.5. The third kappa shape index (κ3) is 3.16. The Labute approximate surface area is 123 Å². The van der Waals surface area contributed by atoms with Crippen LogP contribution in [0.25, 0.3) is 5.65 Å². The van der Waals surface area contributed by atoms with Crippen LogP contribution in [-0.4, -0.2) is 38.2 Å². The lowest BCUT2D eigenvalue weighted by molar-refractivity contribution is 0.0690. The molecule has 0 amide bonds. The summed E-state index contributed by atoms with van der Waals surface area (Å²) in [6.45, 7) is 6.15. The standard InChI is InChI=1S/C15H21N3O3/c1-15(2,3)10(7-9-19)16-13-12(14(20)21)18-8-5-4-6-11(18)17-13/h4-6,8,10,16,19H,7,9H2,1-3H3,(H,20,21). The van der Waals surface area contributed by atoms with Crippen molar-refractivity contribution in [3.8, 4) is 0 Å². The second kappa shape index (κ2) is 5.73. The molecule has 1 atom stereocenters. The van der Waals surface area contributed by atoms with Gasteiger partial charge in [-0.3, -0.25) is 4.40 Å². The zero-order chi connectivity index (χ0) is 15.6. The van der Waals surface area contributed by atoms with E-state index in [1.165, 1.54) is 0 Å². The molecule has 0 bridgehead atoms. The molecule has 114 valence electrons. The first-order valence-corrected chi connectivity index (χ1v) is 6.92. The molecule has 0 aliphatic heterocycles. The van der Waals surface area contributed by atoms with Crippen LogP contribution < -0.4 is 5.32 Å². The number of aliphatic hydroxyl groups excluding tert-OH is 1. The van der Waals surface area contributed by atoms with Crippen molar-refractivity contribution in [3.05, 3.63) is 30.1 Å². The number of nitrogens with zero attached hydrogens (tertiary/aromatic N) is 2. The molecular weight excluding hydrogens is 270 g/mol. The number of fused-ring (bicyclic) bond motifs is 1. The lowest BCUT2D eigenvalue weighted by Gasteiger charge is -2.31. The summed E-state index contributed by atoms with van der Waals surface area (Å²) in [5.74, 6) is -0.699. The summed E-state index contributed by atoms with van der Waals surface area (Å²) in [4.78, 5) is 15.9. The van der Waals surface area contributed by atoms with Gasteiger partial charge in [0.05, 0.1) is 0 Å². The Morgan fingerprint density at radius 3 is 2.71 bits per heavy atom. The number of carboxylic acid groups (broad SMARTS) is 1. The molecule has 0 radical (unpaired) electrons. The molecule has 0 aromatic carbocycles. The highest BCUT2D eigenvalue weighted by molar-refractivity contribution is 5.93. The molecule has 2 heterocycles. The number of aromatic nitrogens is 2. The largest absolute Gasteiger partial charge is 0.476 e. The van der Waals surface area contributed by atoms with E-state index < -0.39 is 5.97 Å². The molecule has 6 nitrogen and oxygen atoms in total. The molecule has 3 N–H and O–H groups in total. The topological polar surface area (TPSA) is 86.9 Å². The van der Waals surface area contributed by atoms with Crippen molar-refractivity contribution >= 4 is 17.4 Å². The molecule has 2 aromatic rings. The summed E-state index contributed by atoms with van der Waals surface area (Å²) in [6, 6.07) is 5.26. The molecular formula is C15H21N3O3. The van der Waals surface area contributed by atoms with Crippen LogP contribution in [0.15, 0.2) is 24.4 Å². The summed E-state index contributed by atoms with van der Waals surface area (Å²) in [5, 5.41) is 21.8. The van der Waals surface area contributed by atoms with Crippen molar-refractivity contribution in [1.29, 1.82) is 0 Å². The van der Waals surface area contributed by atoms with Gasteiger partial charge in [-0.05, 0) is 24.0 Å². The maximum Gasteiger partial charge on any atom is 0.356 e. The summed E-state index contributed by atoms with van der Waals surface area (Å²) in [5.41, 5.74) is 0.556. The Hall–Kier alpha value is -2.08. The SMILES string of the molecule is CC(C)(C)C(CCO)Nc1nc2ccccn2c1C(=O)O. The second-order valence-corrected chi connectivity index (χ2v) is 6.12. The van der Waals surface area contributed by atoms with Crippen molar-refractivity contribution < 1.29 is 15.0 Å². The van der Waals surface area contributed by atoms with Crippen LogP contribution in [0.4, 0.5) is 5.82 Å². The van der Waals surface area contributed by atoms with E-state index in [2.05, 4.69) is 10.3 Å². The van der Waals surface area contributed by atoms with E-state index in [0.717, 1.165) is 0 Å². The normalized spacial score (nSPS) is 13.3. The maximum atomic E-state index is 11.5. The van der Waals surface area contributed by atoms with E-state index in [4.69, 9.17) is 0 Å². The van der Waals surface area contributed by atoms with Crippen LogP contribution >= 0.6 is 0 Å². The van der Waals surface area contributed by atoms with Gasteiger partial charge in [0, 0.05) is 18.8 Å². The maximum absolute atomic E-state index is 11.5. The summed E-state index contributed by atoms with van der Waals surface area (Å²) < 4.78 is 1.54. The minimum atomic E-state index is -1.03.